The number of amides is 2. The minimum atomic E-state index is -3.26. The van der Waals surface area contributed by atoms with Crippen molar-refractivity contribution in [1.82, 2.24) is 24.3 Å². The van der Waals surface area contributed by atoms with Crippen LogP contribution in [0.4, 0.5) is 4.39 Å². The fourth-order valence-electron chi connectivity index (χ4n) is 4.79. The van der Waals surface area contributed by atoms with Gasteiger partial charge in [0.25, 0.3) is 11.5 Å². The van der Waals surface area contributed by atoms with Crippen LogP contribution >= 0.6 is 0 Å². The first kappa shape index (κ1) is 26.0. The Balaban J connectivity index is 1.43. The molecule has 1 N–H and O–H groups in total. The summed E-state index contributed by atoms with van der Waals surface area (Å²) in [6.45, 7) is 4.63. The molecule has 36 heavy (non-hydrogen) atoms. The zero-order valence-corrected chi connectivity index (χ0v) is 21.4. The molecule has 0 spiro atoms. The molecule has 0 saturated carbocycles. The second-order valence-electron chi connectivity index (χ2n) is 9.45. The molecule has 2 aliphatic heterocycles. The van der Waals surface area contributed by atoms with Gasteiger partial charge < -0.3 is 9.80 Å². The monoisotopic (exact) mass is 519 g/mol. The maximum absolute atomic E-state index is 14.6. The Hall–Kier alpha value is -3.12. The quantitative estimate of drug-likeness (QED) is 0.624. The van der Waals surface area contributed by atoms with Gasteiger partial charge in [-0.3, -0.25) is 14.4 Å². The van der Waals surface area contributed by atoms with Crippen molar-refractivity contribution in [2.24, 2.45) is 0 Å². The minimum Gasteiger partial charge on any atom is -0.336 e. The summed E-state index contributed by atoms with van der Waals surface area (Å²) in [5, 5.41) is 6.53. The smallest absolute Gasteiger partial charge is 0.267 e. The molecular formula is C24H30FN5O5S. The molecule has 10 nitrogen and oxygen atoms in total. The number of sulfonamides is 1. The summed E-state index contributed by atoms with van der Waals surface area (Å²) in [4.78, 5) is 40.8. The molecule has 4 rings (SSSR count). The van der Waals surface area contributed by atoms with Crippen LogP contribution in [-0.2, 0) is 21.2 Å². The van der Waals surface area contributed by atoms with Crippen LogP contribution in [0.5, 0.6) is 0 Å². The SMILES string of the molecule is Cc1c(Cc2ccc(F)c(C(=O)N3CCN(C4CCN(S(C)(=O)=O)CC4)C(=O)C3)c2)n[nH]c(=O)c1C. The summed E-state index contributed by atoms with van der Waals surface area (Å²) in [6.07, 6.45) is 2.57. The molecule has 0 aliphatic carbocycles. The van der Waals surface area contributed by atoms with Crippen molar-refractivity contribution < 1.29 is 22.4 Å². The number of H-pyrrole nitrogens is 1. The van der Waals surface area contributed by atoms with Gasteiger partial charge in [0.05, 0.1) is 17.5 Å². The lowest BCUT2D eigenvalue weighted by Crippen LogP contribution is -2.57. The van der Waals surface area contributed by atoms with Crippen molar-refractivity contribution in [3.05, 3.63) is 62.3 Å². The van der Waals surface area contributed by atoms with E-state index in [1.165, 1.54) is 27.6 Å². The molecule has 2 aliphatic rings. The van der Waals surface area contributed by atoms with Crippen LogP contribution in [-0.4, -0.2) is 89.6 Å². The summed E-state index contributed by atoms with van der Waals surface area (Å²) in [7, 11) is -3.26. The average Bonchev–Trinajstić information content (AvgIpc) is 2.84. The molecule has 0 bridgehead atoms. The van der Waals surface area contributed by atoms with E-state index in [0.29, 0.717) is 55.7 Å². The first-order valence-electron chi connectivity index (χ1n) is 11.8. The lowest BCUT2D eigenvalue weighted by molar-refractivity contribution is -0.138. The third kappa shape index (κ3) is 5.34. The second kappa shape index (κ2) is 10.1. The Kier molecular flexibility index (Phi) is 7.28. The second-order valence-corrected chi connectivity index (χ2v) is 11.4. The maximum atomic E-state index is 14.6. The zero-order chi connectivity index (χ0) is 26.2. The number of aromatic amines is 1. The van der Waals surface area contributed by atoms with Crippen molar-refractivity contribution in [3.8, 4) is 0 Å². The van der Waals surface area contributed by atoms with E-state index >= 15 is 0 Å². The number of nitrogens with one attached hydrogen (secondary N) is 1. The highest BCUT2D eigenvalue weighted by atomic mass is 32.2. The molecule has 2 amide bonds. The molecule has 3 heterocycles. The first-order chi connectivity index (χ1) is 17.0. The van der Waals surface area contributed by atoms with Crippen LogP contribution in [0, 0.1) is 19.7 Å². The van der Waals surface area contributed by atoms with E-state index in [1.54, 1.807) is 24.8 Å². The molecular weight excluding hydrogens is 489 g/mol. The Morgan fingerprint density at radius 3 is 2.44 bits per heavy atom. The number of halogens is 1. The van der Waals surface area contributed by atoms with Crippen LogP contribution in [0.15, 0.2) is 23.0 Å². The highest BCUT2D eigenvalue weighted by Crippen LogP contribution is 2.22. The van der Waals surface area contributed by atoms with E-state index in [9.17, 15) is 27.2 Å². The van der Waals surface area contributed by atoms with Gasteiger partial charge in [0, 0.05) is 44.2 Å². The number of aromatic nitrogens is 2. The molecule has 0 unspecified atom stereocenters. The van der Waals surface area contributed by atoms with E-state index < -0.39 is 21.7 Å². The Morgan fingerprint density at radius 1 is 1.11 bits per heavy atom. The van der Waals surface area contributed by atoms with Gasteiger partial charge in [-0.15, -0.1) is 0 Å². The predicted octanol–water partition coefficient (Wildman–Crippen LogP) is 0.825. The number of hydrogen-bond acceptors (Lipinski definition) is 6. The number of nitrogens with zero attached hydrogens (tertiary/aromatic N) is 4. The van der Waals surface area contributed by atoms with E-state index in [4.69, 9.17) is 0 Å². The summed E-state index contributed by atoms with van der Waals surface area (Å²) >= 11 is 0. The van der Waals surface area contributed by atoms with Crippen molar-refractivity contribution in [1.29, 1.82) is 0 Å². The van der Waals surface area contributed by atoms with Crippen LogP contribution in [0.3, 0.4) is 0 Å². The normalized spacial score (nSPS) is 18.1. The van der Waals surface area contributed by atoms with Crippen LogP contribution in [0.25, 0.3) is 0 Å². The number of piperazine rings is 1. The topological polar surface area (TPSA) is 124 Å². The third-order valence-corrected chi connectivity index (χ3v) is 8.44. The summed E-state index contributed by atoms with van der Waals surface area (Å²) in [5.41, 5.74) is 2.19. The lowest BCUT2D eigenvalue weighted by Gasteiger charge is -2.42. The van der Waals surface area contributed by atoms with E-state index in [-0.39, 0.29) is 36.2 Å². The van der Waals surface area contributed by atoms with Gasteiger partial charge >= 0.3 is 0 Å². The van der Waals surface area contributed by atoms with E-state index in [2.05, 4.69) is 10.2 Å². The van der Waals surface area contributed by atoms with E-state index in [1.807, 2.05) is 0 Å². The van der Waals surface area contributed by atoms with E-state index in [0.717, 1.165) is 5.56 Å². The van der Waals surface area contributed by atoms with Gasteiger partial charge in [-0.25, -0.2) is 22.2 Å². The molecule has 1 aromatic carbocycles. The molecule has 12 heteroatoms. The van der Waals surface area contributed by atoms with Crippen molar-refractivity contribution in [2.45, 2.75) is 39.2 Å². The standard InChI is InChI=1S/C24H30FN5O5S/c1-15-16(2)23(32)27-26-21(15)13-17-4-5-20(25)19(12-17)24(33)28-10-11-30(22(31)14-28)18-6-8-29(9-7-18)36(3,34)35/h4-5,12,18H,6-11,13-14H2,1-3H3,(H,27,32). The van der Waals surface area contributed by atoms with Crippen molar-refractivity contribution in [2.75, 3.05) is 39.0 Å². The molecule has 0 radical (unpaired) electrons. The fourth-order valence-corrected chi connectivity index (χ4v) is 5.66. The number of hydrogen-bond donors (Lipinski definition) is 1. The summed E-state index contributed by atoms with van der Waals surface area (Å²) < 4.78 is 39.5. The molecule has 2 aromatic rings. The number of piperidine rings is 1. The van der Waals surface area contributed by atoms with Gasteiger partial charge in [0.15, 0.2) is 0 Å². The number of benzene rings is 1. The average molecular weight is 520 g/mol. The Labute approximate surface area is 209 Å². The Morgan fingerprint density at radius 2 is 1.81 bits per heavy atom. The number of carbonyl (C=O) groups is 2. The molecule has 0 atom stereocenters. The molecule has 1 aromatic heterocycles. The third-order valence-electron chi connectivity index (χ3n) is 7.14. The lowest BCUT2D eigenvalue weighted by atomic mass is 10.0. The first-order valence-corrected chi connectivity index (χ1v) is 13.7. The van der Waals surface area contributed by atoms with Gasteiger partial charge in [-0.1, -0.05) is 6.07 Å². The number of rotatable bonds is 5. The molecule has 194 valence electrons. The van der Waals surface area contributed by atoms with Gasteiger partial charge in [0.1, 0.15) is 12.4 Å². The molecule has 2 saturated heterocycles. The zero-order valence-electron chi connectivity index (χ0n) is 20.6. The highest BCUT2D eigenvalue weighted by molar-refractivity contribution is 7.88. The summed E-state index contributed by atoms with van der Waals surface area (Å²) in [6, 6.07) is 4.19. The van der Waals surface area contributed by atoms with Crippen LogP contribution < -0.4 is 5.56 Å². The Bertz CT molecular complexity index is 1350. The summed E-state index contributed by atoms with van der Waals surface area (Å²) in [5.74, 6) is -1.46. The van der Waals surface area contributed by atoms with Crippen LogP contribution in [0.2, 0.25) is 0 Å². The van der Waals surface area contributed by atoms with Crippen LogP contribution in [0.1, 0.15) is 45.6 Å². The van der Waals surface area contributed by atoms with Crippen molar-refractivity contribution in [3.63, 3.8) is 0 Å². The largest absolute Gasteiger partial charge is 0.336 e. The van der Waals surface area contributed by atoms with Gasteiger partial charge in [-0.2, -0.15) is 5.10 Å². The van der Waals surface area contributed by atoms with Gasteiger partial charge in [-0.05, 0) is 49.9 Å². The molecule has 2 fully saturated rings. The predicted molar refractivity (Wildman–Crippen MR) is 131 cm³/mol. The van der Waals surface area contributed by atoms with Crippen molar-refractivity contribution >= 4 is 21.8 Å². The minimum absolute atomic E-state index is 0.0793. The number of carbonyl (C=O) groups excluding carboxylic acids is 2. The fraction of sp³-hybridized carbons (Fsp3) is 0.500. The highest BCUT2D eigenvalue weighted by Gasteiger charge is 2.35. The van der Waals surface area contributed by atoms with Gasteiger partial charge in [0.2, 0.25) is 15.9 Å². The maximum Gasteiger partial charge on any atom is 0.267 e.